The average Bonchev–Trinajstić information content (AvgIpc) is 2.20. The normalized spacial score (nSPS) is 9.88. The van der Waals surface area contributed by atoms with Gasteiger partial charge < -0.3 is 10.5 Å². The molecular formula is C10H12N2O4. The van der Waals surface area contributed by atoms with Crippen molar-refractivity contribution in [1.29, 1.82) is 0 Å². The average molecular weight is 224 g/mol. The highest BCUT2D eigenvalue weighted by atomic mass is 16.6. The minimum Gasteiger partial charge on any atom is -0.462 e. The zero-order chi connectivity index (χ0) is 12.3. The number of nitrogen functional groups attached to an aromatic ring is 1. The number of nitro groups is 1. The second kappa shape index (κ2) is 4.61. The lowest BCUT2D eigenvalue weighted by Gasteiger charge is -2.06. The first-order chi connectivity index (χ1) is 7.47. The summed E-state index contributed by atoms with van der Waals surface area (Å²) >= 11 is 0. The van der Waals surface area contributed by atoms with E-state index in [4.69, 9.17) is 10.5 Å². The molecule has 6 heteroatoms. The summed E-state index contributed by atoms with van der Waals surface area (Å²) in [6, 6.07) is 2.79. The van der Waals surface area contributed by atoms with Crippen LogP contribution in [0.5, 0.6) is 0 Å². The van der Waals surface area contributed by atoms with Gasteiger partial charge in [-0.1, -0.05) is 0 Å². The molecule has 0 fully saturated rings. The summed E-state index contributed by atoms with van der Waals surface area (Å²) in [5.74, 6) is -0.646. The Bertz CT molecular complexity index is 443. The molecular weight excluding hydrogens is 212 g/mol. The second-order valence-corrected chi connectivity index (χ2v) is 3.22. The number of ether oxygens (including phenoxy) is 1. The number of aryl methyl sites for hydroxylation is 1. The molecule has 0 amide bonds. The van der Waals surface area contributed by atoms with Crippen molar-refractivity contribution >= 4 is 17.3 Å². The number of anilines is 1. The number of hydrogen-bond acceptors (Lipinski definition) is 5. The van der Waals surface area contributed by atoms with E-state index in [9.17, 15) is 14.9 Å². The highest BCUT2D eigenvalue weighted by Crippen LogP contribution is 2.27. The molecule has 2 N–H and O–H groups in total. The molecule has 0 aliphatic rings. The number of nitrogens with two attached hydrogens (primary N) is 1. The van der Waals surface area contributed by atoms with Gasteiger partial charge in [-0.05, 0) is 25.5 Å². The van der Waals surface area contributed by atoms with Crippen molar-refractivity contribution in [3.05, 3.63) is 33.4 Å². The molecule has 0 radical (unpaired) electrons. The van der Waals surface area contributed by atoms with Crippen molar-refractivity contribution in [2.45, 2.75) is 13.8 Å². The summed E-state index contributed by atoms with van der Waals surface area (Å²) in [6.07, 6.45) is 0. The van der Waals surface area contributed by atoms with E-state index < -0.39 is 10.9 Å². The standard InChI is InChI=1S/C10H12N2O4/c1-3-16-10(13)7-4-6(2)5-8(9(7)11)12(14)15/h4-5H,3,11H2,1-2H3. The minimum absolute atomic E-state index is 0.0357. The number of nitrogens with zero attached hydrogens (tertiary/aromatic N) is 1. The predicted octanol–water partition coefficient (Wildman–Crippen LogP) is 1.66. The molecule has 0 heterocycles. The molecule has 16 heavy (non-hydrogen) atoms. The fraction of sp³-hybridized carbons (Fsp3) is 0.300. The smallest absolute Gasteiger partial charge is 0.340 e. The maximum atomic E-state index is 11.5. The molecule has 0 aliphatic carbocycles. The summed E-state index contributed by atoms with van der Waals surface area (Å²) in [7, 11) is 0. The summed E-state index contributed by atoms with van der Waals surface area (Å²) in [4.78, 5) is 21.5. The number of rotatable bonds is 3. The van der Waals surface area contributed by atoms with Crippen LogP contribution in [0.15, 0.2) is 12.1 Å². The predicted molar refractivity (Wildman–Crippen MR) is 58.2 cm³/mol. The van der Waals surface area contributed by atoms with E-state index in [1.165, 1.54) is 12.1 Å². The Balaban J connectivity index is 3.29. The Kier molecular flexibility index (Phi) is 3.44. The maximum absolute atomic E-state index is 11.5. The van der Waals surface area contributed by atoms with Gasteiger partial charge >= 0.3 is 5.97 Å². The van der Waals surface area contributed by atoms with Crippen LogP contribution in [-0.4, -0.2) is 17.5 Å². The molecule has 0 saturated carbocycles. The number of hydrogen-bond donors (Lipinski definition) is 1. The Morgan fingerprint density at radius 2 is 2.19 bits per heavy atom. The van der Waals surface area contributed by atoms with E-state index in [0.29, 0.717) is 5.56 Å². The highest BCUT2D eigenvalue weighted by Gasteiger charge is 2.21. The molecule has 0 bridgehead atoms. The van der Waals surface area contributed by atoms with Crippen LogP contribution in [0.1, 0.15) is 22.8 Å². The first-order valence-electron chi connectivity index (χ1n) is 4.69. The number of carbonyl (C=O) groups excluding carboxylic acids is 1. The zero-order valence-corrected chi connectivity index (χ0v) is 9.02. The third-order valence-electron chi connectivity index (χ3n) is 1.99. The van der Waals surface area contributed by atoms with Crippen molar-refractivity contribution < 1.29 is 14.5 Å². The number of benzene rings is 1. The SMILES string of the molecule is CCOC(=O)c1cc(C)cc([N+](=O)[O-])c1N. The minimum atomic E-state index is -0.646. The molecule has 0 aliphatic heterocycles. The maximum Gasteiger partial charge on any atom is 0.340 e. The van der Waals surface area contributed by atoms with Crippen LogP contribution in [0.25, 0.3) is 0 Å². The van der Waals surface area contributed by atoms with E-state index in [-0.39, 0.29) is 23.5 Å². The summed E-state index contributed by atoms with van der Waals surface area (Å²) in [5.41, 5.74) is 5.73. The highest BCUT2D eigenvalue weighted by molar-refractivity contribution is 5.97. The van der Waals surface area contributed by atoms with Crippen LogP contribution in [0.2, 0.25) is 0 Å². The van der Waals surface area contributed by atoms with Crippen LogP contribution < -0.4 is 5.73 Å². The first-order valence-corrected chi connectivity index (χ1v) is 4.69. The molecule has 6 nitrogen and oxygen atoms in total. The topological polar surface area (TPSA) is 95.5 Å². The Morgan fingerprint density at radius 1 is 1.56 bits per heavy atom. The van der Waals surface area contributed by atoms with Crippen LogP contribution in [0.3, 0.4) is 0 Å². The van der Waals surface area contributed by atoms with Crippen LogP contribution in [0.4, 0.5) is 11.4 Å². The van der Waals surface area contributed by atoms with Gasteiger partial charge in [0, 0.05) is 6.07 Å². The number of esters is 1. The Labute approximate surface area is 92.2 Å². The number of carbonyl (C=O) groups is 1. The van der Waals surface area contributed by atoms with E-state index in [2.05, 4.69) is 0 Å². The van der Waals surface area contributed by atoms with E-state index >= 15 is 0 Å². The van der Waals surface area contributed by atoms with Crippen molar-refractivity contribution in [3.8, 4) is 0 Å². The summed E-state index contributed by atoms with van der Waals surface area (Å²) in [6.45, 7) is 3.49. The molecule has 86 valence electrons. The van der Waals surface area contributed by atoms with Gasteiger partial charge in [0.15, 0.2) is 0 Å². The fourth-order valence-electron chi connectivity index (χ4n) is 1.31. The largest absolute Gasteiger partial charge is 0.462 e. The Hall–Kier alpha value is -2.11. The van der Waals surface area contributed by atoms with Gasteiger partial charge in [0.05, 0.1) is 17.1 Å². The van der Waals surface area contributed by atoms with Gasteiger partial charge in [-0.25, -0.2) is 4.79 Å². The fourth-order valence-corrected chi connectivity index (χ4v) is 1.31. The molecule has 0 unspecified atom stereocenters. The molecule has 0 saturated heterocycles. The zero-order valence-electron chi connectivity index (χ0n) is 9.02. The van der Waals surface area contributed by atoms with Gasteiger partial charge in [0.1, 0.15) is 5.69 Å². The third kappa shape index (κ3) is 2.28. The van der Waals surface area contributed by atoms with Crippen LogP contribution >= 0.6 is 0 Å². The van der Waals surface area contributed by atoms with Crippen molar-refractivity contribution in [2.75, 3.05) is 12.3 Å². The van der Waals surface area contributed by atoms with E-state index in [0.717, 1.165) is 0 Å². The number of nitro benzene ring substituents is 1. The van der Waals surface area contributed by atoms with Gasteiger partial charge in [0.25, 0.3) is 5.69 Å². The first kappa shape index (κ1) is 12.0. The molecule has 0 aromatic heterocycles. The summed E-state index contributed by atoms with van der Waals surface area (Å²) in [5, 5.41) is 10.7. The molecule has 0 spiro atoms. The monoisotopic (exact) mass is 224 g/mol. The molecule has 1 rings (SSSR count). The molecule has 1 aromatic rings. The lowest BCUT2D eigenvalue weighted by Crippen LogP contribution is -2.10. The van der Waals surface area contributed by atoms with E-state index in [1.54, 1.807) is 13.8 Å². The van der Waals surface area contributed by atoms with Gasteiger partial charge in [-0.3, -0.25) is 10.1 Å². The Morgan fingerprint density at radius 3 is 2.69 bits per heavy atom. The van der Waals surface area contributed by atoms with Crippen LogP contribution in [0, 0.1) is 17.0 Å². The second-order valence-electron chi connectivity index (χ2n) is 3.22. The van der Waals surface area contributed by atoms with Crippen LogP contribution in [-0.2, 0) is 4.74 Å². The quantitative estimate of drug-likeness (QED) is 0.364. The van der Waals surface area contributed by atoms with Crippen molar-refractivity contribution in [3.63, 3.8) is 0 Å². The van der Waals surface area contributed by atoms with E-state index in [1.807, 2.05) is 0 Å². The van der Waals surface area contributed by atoms with Gasteiger partial charge in [0.2, 0.25) is 0 Å². The lowest BCUT2D eigenvalue weighted by molar-refractivity contribution is -0.384. The van der Waals surface area contributed by atoms with Crippen molar-refractivity contribution in [2.24, 2.45) is 0 Å². The van der Waals surface area contributed by atoms with Gasteiger partial charge in [-0.15, -0.1) is 0 Å². The van der Waals surface area contributed by atoms with Gasteiger partial charge in [-0.2, -0.15) is 0 Å². The molecule has 0 atom stereocenters. The lowest BCUT2D eigenvalue weighted by atomic mass is 10.1. The summed E-state index contributed by atoms with van der Waals surface area (Å²) < 4.78 is 4.76. The molecule has 1 aromatic carbocycles. The van der Waals surface area contributed by atoms with Crippen molar-refractivity contribution in [1.82, 2.24) is 0 Å². The third-order valence-corrected chi connectivity index (χ3v) is 1.99.